The molecule has 4 rings (SSSR count). The Kier molecular flexibility index (Phi) is 27.4. The number of allylic oxidation sites excluding steroid dienone is 5. The molecule has 0 N–H and O–H groups in total. The van der Waals surface area contributed by atoms with Crippen LogP contribution < -0.4 is 28.4 Å². The van der Waals surface area contributed by atoms with E-state index in [1.54, 1.807) is 162 Å². The normalized spacial score (nSPS) is 12.0. The van der Waals surface area contributed by atoms with Crippen LogP contribution in [0.4, 0.5) is 0 Å². The summed E-state index contributed by atoms with van der Waals surface area (Å²) in [6.07, 6.45) is 14.3. The predicted octanol–water partition coefficient (Wildman–Crippen LogP) is 15.0. The summed E-state index contributed by atoms with van der Waals surface area (Å²) in [4.78, 5) is 74.1. The zero-order valence-corrected chi connectivity index (χ0v) is 53.1. The van der Waals surface area contributed by atoms with Crippen molar-refractivity contribution in [3.8, 4) is 34.5 Å². The van der Waals surface area contributed by atoms with Gasteiger partial charge in [0.2, 0.25) is 27.2 Å². The zero-order valence-electron chi connectivity index (χ0n) is 53.1. The number of carbonyl (C=O) groups excluding carboxylic acids is 6. The summed E-state index contributed by atoms with van der Waals surface area (Å²) in [5, 5.41) is 0. The van der Waals surface area contributed by atoms with E-state index < -0.39 is 27.1 Å². The third-order valence-electron chi connectivity index (χ3n) is 12.2. The van der Waals surface area contributed by atoms with Crippen LogP contribution in [0, 0.1) is 21.7 Å². The summed E-state index contributed by atoms with van der Waals surface area (Å²) in [6, 6.07) is 20.5. The van der Waals surface area contributed by atoms with Crippen LogP contribution in [0.25, 0.3) is 12.2 Å². The molecule has 0 heterocycles. The highest BCUT2D eigenvalue weighted by molar-refractivity contribution is 6.07. The second kappa shape index (κ2) is 32.8. The third-order valence-corrected chi connectivity index (χ3v) is 12.2. The Labute approximate surface area is 503 Å². The molecule has 0 fully saturated rings. The summed E-state index contributed by atoms with van der Waals surface area (Å²) in [6.45, 7) is 35.2. The molecule has 0 aromatic heterocycles. The van der Waals surface area contributed by atoms with E-state index in [1.165, 1.54) is 12.2 Å². The first kappa shape index (κ1) is 71.1. The number of benzene rings is 4. The molecule has 16 nitrogen and oxygen atoms in total. The van der Waals surface area contributed by atoms with Crippen molar-refractivity contribution in [3.05, 3.63) is 143 Å². The highest BCUT2D eigenvalue weighted by atomic mass is 16.7. The third kappa shape index (κ3) is 24.2. The van der Waals surface area contributed by atoms with Crippen LogP contribution in [-0.4, -0.2) is 75.8 Å². The quantitative estimate of drug-likeness (QED) is 0.0130. The van der Waals surface area contributed by atoms with Gasteiger partial charge in [-0.2, -0.15) is 0 Å². The lowest BCUT2D eigenvalue weighted by atomic mass is 9.83. The maximum absolute atomic E-state index is 13.0. The Morgan fingerprint density at radius 3 is 1.15 bits per heavy atom. The van der Waals surface area contributed by atoms with Crippen molar-refractivity contribution in [2.75, 3.05) is 40.4 Å². The standard InChI is InChI=1S/C35H46O8.C34H44O8/c1-11-19-39-29-21-30(41-23-43-32(38)34(6,7)8)27(35(9,10)12-2)20-25(29)15-18-28(36)24-13-16-26(17-14-24)40-22-42-31(37)33(3,4)5;1-9-11-12-25-20-26(29(38-19-10-2)21-30(25)40-23-42-32(37)34(6,7)8)15-18-28(35)24-13-16-27(17-14-24)39-22-41-31(36)33(3,4)5/h12-18,20-21H,2,11,19,22-23H2,1,3-10H3;9,11,13-18,20-21H,10,12,19,22-23H2,1-8H3/b18-15+;11-9+,18-15+. The van der Waals surface area contributed by atoms with Crippen LogP contribution in [0.2, 0.25) is 0 Å². The number of ether oxygens (including phenoxy) is 10. The number of hydrogen-bond acceptors (Lipinski definition) is 16. The SMILES string of the molecule is C/C=C/Cc1cc(/C=C/C(=O)c2ccc(OCOC(=O)C(C)(C)C)cc2)c(OCCC)cc1OCOC(=O)C(C)(C)C.C=CC(C)(C)c1cc(/C=C/C(=O)c2ccc(OCOC(=O)C(C)(C)C)cc2)c(OCCC)cc1OCOC(=O)C(C)(C)C. The molecule has 462 valence electrons. The highest BCUT2D eigenvalue weighted by Crippen LogP contribution is 2.39. The Bertz CT molecular complexity index is 2970. The molecule has 16 heteroatoms. The molecule has 0 bridgehead atoms. The van der Waals surface area contributed by atoms with Gasteiger partial charge < -0.3 is 47.4 Å². The van der Waals surface area contributed by atoms with Gasteiger partial charge in [0.15, 0.2) is 11.6 Å². The van der Waals surface area contributed by atoms with E-state index in [1.807, 2.05) is 58.9 Å². The minimum Gasteiger partial charge on any atom is -0.493 e. The van der Waals surface area contributed by atoms with E-state index >= 15 is 0 Å². The molecule has 0 aliphatic rings. The van der Waals surface area contributed by atoms with Crippen LogP contribution in [0.3, 0.4) is 0 Å². The van der Waals surface area contributed by atoms with Crippen LogP contribution >= 0.6 is 0 Å². The van der Waals surface area contributed by atoms with Crippen LogP contribution in [0.15, 0.2) is 110 Å². The molecule has 0 atom stereocenters. The lowest BCUT2D eigenvalue weighted by Gasteiger charge is -2.26. The minimum absolute atomic E-state index is 0.202. The average molecular weight is 1180 g/mol. The van der Waals surface area contributed by atoms with Crippen molar-refractivity contribution >= 4 is 47.6 Å². The van der Waals surface area contributed by atoms with Gasteiger partial charge in [-0.1, -0.05) is 45.9 Å². The lowest BCUT2D eigenvalue weighted by molar-refractivity contribution is -0.160. The highest BCUT2D eigenvalue weighted by Gasteiger charge is 2.28. The number of esters is 4. The first-order valence-electron chi connectivity index (χ1n) is 28.5. The van der Waals surface area contributed by atoms with E-state index in [2.05, 4.69) is 6.58 Å². The molecule has 0 aliphatic carbocycles. The molecule has 0 unspecified atom stereocenters. The van der Waals surface area contributed by atoms with Gasteiger partial charge in [-0.05, 0) is 200 Å². The predicted molar refractivity (Wildman–Crippen MR) is 330 cm³/mol. The van der Waals surface area contributed by atoms with Crippen LogP contribution in [0.1, 0.15) is 174 Å². The van der Waals surface area contributed by atoms with Gasteiger partial charge in [0.25, 0.3) is 0 Å². The van der Waals surface area contributed by atoms with Crippen LogP contribution in [-0.2, 0) is 50.0 Å². The Morgan fingerprint density at radius 1 is 0.447 bits per heavy atom. The van der Waals surface area contributed by atoms with Crippen molar-refractivity contribution < 1.29 is 76.1 Å². The maximum Gasteiger partial charge on any atom is 0.314 e. The van der Waals surface area contributed by atoms with Gasteiger partial charge in [-0.3, -0.25) is 28.8 Å². The van der Waals surface area contributed by atoms with Gasteiger partial charge in [-0.15, -0.1) is 6.58 Å². The first-order chi connectivity index (χ1) is 39.7. The monoisotopic (exact) mass is 1170 g/mol. The fraction of sp³-hybridized carbons (Fsp3) is 0.449. The summed E-state index contributed by atoms with van der Waals surface area (Å²) in [5.41, 5.74) is 0.940. The smallest absolute Gasteiger partial charge is 0.314 e. The minimum atomic E-state index is -0.655. The molecule has 4 aromatic rings. The molecule has 85 heavy (non-hydrogen) atoms. The number of hydrogen-bond donors (Lipinski definition) is 0. The fourth-order valence-electron chi connectivity index (χ4n) is 6.82. The molecular formula is C69H90O16. The van der Waals surface area contributed by atoms with Crippen molar-refractivity contribution in [2.24, 2.45) is 21.7 Å². The van der Waals surface area contributed by atoms with Crippen molar-refractivity contribution in [3.63, 3.8) is 0 Å². The Balaban J connectivity index is 0.000000445. The number of ketones is 2. The van der Waals surface area contributed by atoms with Gasteiger partial charge in [0.1, 0.15) is 34.5 Å². The molecule has 0 aliphatic heterocycles. The van der Waals surface area contributed by atoms with Crippen molar-refractivity contribution in [1.82, 2.24) is 0 Å². The molecule has 4 aromatic carbocycles. The Hall–Kier alpha value is -8.14. The van der Waals surface area contributed by atoms with Crippen molar-refractivity contribution in [2.45, 2.75) is 142 Å². The topological polar surface area (TPSA) is 195 Å². The Morgan fingerprint density at radius 2 is 0.800 bits per heavy atom. The average Bonchev–Trinajstić information content (AvgIpc) is 3.63. The number of rotatable bonds is 28. The van der Waals surface area contributed by atoms with E-state index in [9.17, 15) is 28.8 Å². The van der Waals surface area contributed by atoms with E-state index in [-0.39, 0.29) is 62.6 Å². The van der Waals surface area contributed by atoms with Crippen molar-refractivity contribution in [1.29, 1.82) is 0 Å². The summed E-state index contributed by atoms with van der Waals surface area (Å²) in [5.74, 6) is 1.17. The molecule has 0 radical (unpaired) electrons. The maximum atomic E-state index is 13.0. The molecule has 0 saturated carbocycles. The van der Waals surface area contributed by atoms with Crippen LogP contribution in [0.5, 0.6) is 34.5 Å². The van der Waals surface area contributed by atoms with E-state index in [0.717, 1.165) is 29.5 Å². The van der Waals surface area contributed by atoms with Gasteiger partial charge in [-0.25, -0.2) is 0 Å². The fourth-order valence-corrected chi connectivity index (χ4v) is 6.82. The first-order valence-corrected chi connectivity index (χ1v) is 28.5. The lowest BCUT2D eigenvalue weighted by Crippen LogP contribution is -2.25. The second-order valence-electron chi connectivity index (χ2n) is 24.5. The molecular weight excluding hydrogens is 1080 g/mol. The second-order valence-corrected chi connectivity index (χ2v) is 24.5. The zero-order chi connectivity index (χ0) is 63.8. The molecule has 0 saturated heterocycles. The summed E-state index contributed by atoms with van der Waals surface area (Å²) >= 11 is 0. The summed E-state index contributed by atoms with van der Waals surface area (Å²) in [7, 11) is 0. The van der Waals surface area contributed by atoms with E-state index in [0.29, 0.717) is 70.8 Å². The van der Waals surface area contributed by atoms with Gasteiger partial charge in [0, 0.05) is 45.4 Å². The molecule has 0 spiro atoms. The van der Waals surface area contributed by atoms with Gasteiger partial charge >= 0.3 is 23.9 Å². The number of carbonyl (C=O) groups is 6. The molecule has 0 amide bonds. The summed E-state index contributed by atoms with van der Waals surface area (Å²) < 4.78 is 55.6. The van der Waals surface area contributed by atoms with Gasteiger partial charge in [0.05, 0.1) is 34.9 Å². The largest absolute Gasteiger partial charge is 0.493 e. The van der Waals surface area contributed by atoms with E-state index in [4.69, 9.17) is 47.4 Å².